The maximum Gasteiger partial charge on any atom is 0.202 e. The van der Waals surface area contributed by atoms with E-state index in [1.165, 1.54) is 0 Å². The first-order valence-electron chi connectivity index (χ1n) is 6.49. The van der Waals surface area contributed by atoms with E-state index in [1.54, 1.807) is 60.7 Å². The molecule has 0 aromatic heterocycles. The lowest BCUT2D eigenvalue weighted by Gasteiger charge is -2.26. The Morgan fingerprint density at radius 3 is 1.18 bits per heavy atom. The first-order chi connectivity index (χ1) is 10.6. The van der Waals surface area contributed by atoms with Gasteiger partial charge in [0.25, 0.3) is 0 Å². The summed E-state index contributed by atoms with van der Waals surface area (Å²) in [4.78, 5) is 0. The quantitative estimate of drug-likeness (QED) is 0.558. The van der Waals surface area contributed by atoms with Crippen molar-refractivity contribution in [2.24, 2.45) is 0 Å². The van der Waals surface area contributed by atoms with Gasteiger partial charge in [-0.2, -0.15) is 0 Å². The maximum atomic E-state index is 11.2. The predicted molar refractivity (Wildman–Crippen MR) is 85.3 cm³/mol. The minimum Gasteiger partial charge on any atom is -0.215 e. The fourth-order valence-electron chi connectivity index (χ4n) is 2.23. The van der Waals surface area contributed by atoms with E-state index in [9.17, 15) is 16.8 Å². The Hall–Kier alpha value is -1.74. The molecule has 0 unspecified atom stereocenters. The van der Waals surface area contributed by atoms with Crippen LogP contribution < -0.4 is 9.44 Å². The summed E-state index contributed by atoms with van der Waals surface area (Å²) in [5.74, 6) is 0. The second-order valence-corrected chi connectivity index (χ2v) is 6.09. The van der Waals surface area contributed by atoms with Gasteiger partial charge in [0, 0.05) is 0 Å². The smallest absolute Gasteiger partial charge is 0.202 e. The second kappa shape index (κ2) is 8.04. The zero-order valence-electron chi connectivity index (χ0n) is 11.5. The Morgan fingerprint density at radius 1 is 0.591 bits per heavy atom. The van der Waals surface area contributed by atoms with Crippen molar-refractivity contribution in [3.05, 3.63) is 71.8 Å². The SMILES string of the molecule is O=[SH](=O)N[C@@H](c1ccccc1)[C@@H](N[SH](=O)=O)c1ccccc1. The lowest BCUT2D eigenvalue weighted by atomic mass is 9.95. The van der Waals surface area contributed by atoms with E-state index in [-0.39, 0.29) is 0 Å². The summed E-state index contributed by atoms with van der Waals surface area (Å²) < 4.78 is 49.5. The van der Waals surface area contributed by atoms with E-state index in [1.807, 2.05) is 0 Å². The lowest BCUT2D eigenvalue weighted by Crippen LogP contribution is -2.34. The van der Waals surface area contributed by atoms with Crippen molar-refractivity contribution in [2.45, 2.75) is 12.1 Å². The molecule has 2 aromatic rings. The maximum absolute atomic E-state index is 11.2. The molecule has 0 saturated heterocycles. The van der Waals surface area contributed by atoms with Gasteiger partial charge in [-0.15, -0.1) is 0 Å². The van der Waals surface area contributed by atoms with Gasteiger partial charge in [-0.25, -0.2) is 26.3 Å². The van der Waals surface area contributed by atoms with Gasteiger partial charge in [0.1, 0.15) is 0 Å². The Labute approximate surface area is 132 Å². The first-order valence-corrected chi connectivity index (χ1v) is 8.84. The molecular formula is C14H16N2O4S2. The molecule has 0 spiro atoms. The number of benzene rings is 2. The van der Waals surface area contributed by atoms with Crippen molar-refractivity contribution in [1.29, 1.82) is 0 Å². The molecule has 0 aliphatic rings. The molecule has 0 saturated carbocycles. The van der Waals surface area contributed by atoms with Crippen LogP contribution in [-0.2, 0) is 21.8 Å². The molecule has 22 heavy (non-hydrogen) atoms. The van der Waals surface area contributed by atoms with Crippen LogP contribution in [0.5, 0.6) is 0 Å². The fourth-order valence-corrected chi connectivity index (χ4v) is 3.28. The van der Waals surface area contributed by atoms with E-state index < -0.39 is 33.9 Å². The molecule has 0 amide bonds. The van der Waals surface area contributed by atoms with Crippen LogP contribution in [0.3, 0.4) is 0 Å². The van der Waals surface area contributed by atoms with Crippen LogP contribution in [0.2, 0.25) is 0 Å². The van der Waals surface area contributed by atoms with Crippen molar-refractivity contribution < 1.29 is 16.8 Å². The number of hydrogen-bond acceptors (Lipinski definition) is 4. The Morgan fingerprint density at radius 2 is 0.909 bits per heavy atom. The van der Waals surface area contributed by atoms with Gasteiger partial charge in [-0.3, -0.25) is 0 Å². The first kappa shape index (κ1) is 16.6. The summed E-state index contributed by atoms with van der Waals surface area (Å²) >= 11 is 0. The highest BCUT2D eigenvalue weighted by molar-refractivity contribution is 7.70. The number of hydrogen-bond donors (Lipinski definition) is 4. The third kappa shape index (κ3) is 4.63. The average Bonchev–Trinajstić information content (AvgIpc) is 2.52. The summed E-state index contributed by atoms with van der Waals surface area (Å²) in [6.45, 7) is 0. The third-order valence-electron chi connectivity index (χ3n) is 3.14. The van der Waals surface area contributed by atoms with Gasteiger partial charge in [0.2, 0.25) is 21.8 Å². The molecule has 2 rings (SSSR count). The number of rotatable bonds is 7. The van der Waals surface area contributed by atoms with E-state index in [0.29, 0.717) is 11.1 Å². The molecule has 0 fully saturated rings. The molecule has 8 heteroatoms. The molecule has 2 atom stereocenters. The highest BCUT2D eigenvalue weighted by Crippen LogP contribution is 2.28. The van der Waals surface area contributed by atoms with E-state index in [4.69, 9.17) is 0 Å². The van der Waals surface area contributed by atoms with E-state index >= 15 is 0 Å². The van der Waals surface area contributed by atoms with Gasteiger partial charge in [-0.1, -0.05) is 60.7 Å². The minimum absolute atomic E-state index is 0.667. The Kier molecular flexibility index (Phi) is 6.08. The van der Waals surface area contributed by atoms with E-state index in [2.05, 4.69) is 9.44 Å². The molecule has 0 bridgehead atoms. The summed E-state index contributed by atoms with van der Waals surface area (Å²) in [5, 5.41) is 0. The molecule has 2 aromatic carbocycles. The zero-order chi connectivity index (χ0) is 15.9. The number of nitrogens with one attached hydrogen (secondary N) is 2. The average molecular weight is 340 g/mol. The highest BCUT2D eigenvalue weighted by Gasteiger charge is 2.25. The molecule has 0 radical (unpaired) electrons. The largest absolute Gasteiger partial charge is 0.215 e. The van der Waals surface area contributed by atoms with Crippen LogP contribution in [-0.4, -0.2) is 16.8 Å². The Balaban J connectivity index is 2.47. The molecular weight excluding hydrogens is 324 g/mol. The number of thiol groups is 2. The molecule has 0 heterocycles. The monoisotopic (exact) mass is 340 g/mol. The third-order valence-corrected chi connectivity index (χ3v) is 4.12. The van der Waals surface area contributed by atoms with Crippen molar-refractivity contribution in [3.63, 3.8) is 0 Å². The second-order valence-electron chi connectivity index (χ2n) is 4.55. The predicted octanol–water partition coefficient (Wildman–Crippen LogP) is 0.701. The van der Waals surface area contributed by atoms with Gasteiger partial charge in [-0.05, 0) is 11.1 Å². The molecule has 0 aliphatic carbocycles. The summed E-state index contributed by atoms with van der Waals surface area (Å²) in [5.41, 5.74) is 1.33. The molecule has 118 valence electrons. The van der Waals surface area contributed by atoms with Crippen molar-refractivity contribution in [2.75, 3.05) is 0 Å². The van der Waals surface area contributed by atoms with Crippen LogP contribution in [0.1, 0.15) is 23.2 Å². The van der Waals surface area contributed by atoms with Crippen LogP contribution in [0.4, 0.5) is 0 Å². The van der Waals surface area contributed by atoms with Gasteiger partial charge in [0.15, 0.2) is 0 Å². The van der Waals surface area contributed by atoms with Gasteiger partial charge in [0.05, 0.1) is 12.1 Å². The van der Waals surface area contributed by atoms with Gasteiger partial charge >= 0.3 is 0 Å². The molecule has 0 aliphatic heterocycles. The summed E-state index contributed by atoms with van der Waals surface area (Å²) in [7, 11) is -5.80. The minimum atomic E-state index is -2.90. The zero-order valence-corrected chi connectivity index (χ0v) is 13.2. The van der Waals surface area contributed by atoms with Crippen molar-refractivity contribution in [3.8, 4) is 0 Å². The molecule has 2 N–H and O–H groups in total. The summed E-state index contributed by atoms with van der Waals surface area (Å²) in [6.07, 6.45) is 0. The van der Waals surface area contributed by atoms with Crippen molar-refractivity contribution in [1.82, 2.24) is 9.44 Å². The lowest BCUT2D eigenvalue weighted by molar-refractivity contribution is 0.478. The highest BCUT2D eigenvalue weighted by atomic mass is 32.2. The van der Waals surface area contributed by atoms with Crippen LogP contribution in [0, 0.1) is 0 Å². The van der Waals surface area contributed by atoms with Crippen molar-refractivity contribution >= 4 is 21.8 Å². The summed E-state index contributed by atoms with van der Waals surface area (Å²) in [6, 6.07) is 16.2. The Bertz CT molecular complexity index is 664. The van der Waals surface area contributed by atoms with Gasteiger partial charge < -0.3 is 0 Å². The fraction of sp³-hybridized carbons (Fsp3) is 0.143. The topological polar surface area (TPSA) is 92.3 Å². The van der Waals surface area contributed by atoms with Crippen LogP contribution >= 0.6 is 0 Å². The normalized spacial score (nSPS) is 14.1. The standard InChI is InChI=1S/C14H16N2O4S2/c17-21(18)15-13(11-7-3-1-4-8-11)14(16-22(19)20)12-9-5-2-6-10-12/h1-10,13-14,21-22H,(H,15,17,18)(H,16,19,20)/t13-,14-/m0/s1. The van der Waals surface area contributed by atoms with E-state index in [0.717, 1.165) is 0 Å². The molecule has 6 nitrogen and oxygen atoms in total. The van der Waals surface area contributed by atoms with Crippen LogP contribution in [0.25, 0.3) is 0 Å². The van der Waals surface area contributed by atoms with Crippen LogP contribution in [0.15, 0.2) is 60.7 Å².